The van der Waals surface area contributed by atoms with Gasteiger partial charge < -0.3 is 9.47 Å². The normalized spacial score (nSPS) is 21.8. The van der Waals surface area contributed by atoms with E-state index in [1.165, 1.54) is 0 Å². The highest BCUT2D eigenvalue weighted by Gasteiger charge is 2.21. The van der Waals surface area contributed by atoms with Crippen molar-refractivity contribution in [3.05, 3.63) is 0 Å². The standard InChI is InChI=1S/C11H20O3/c1-13-7-8-14-6-2-3-10-4-5-11(12)9-10/h10H,2-9H2,1H3. The Morgan fingerprint density at radius 2 is 2.21 bits per heavy atom. The monoisotopic (exact) mass is 200 g/mol. The van der Waals surface area contributed by atoms with Crippen molar-refractivity contribution in [1.29, 1.82) is 0 Å². The number of hydrogen-bond donors (Lipinski definition) is 0. The van der Waals surface area contributed by atoms with E-state index in [2.05, 4.69) is 0 Å². The predicted molar refractivity (Wildman–Crippen MR) is 54.3 cm³/mol. The quantitative estimate of drug-likeness (QED) is 0.588. The first kappa shape index (κ1) is 11.7. The van der Waals surface area contributed by atoms with Gasteiger partial charge in [0.15, 0.2) is 0 Å². The second-order valence-corrected chi connectivity index (χ2v) is 3.89. The van der Waals surface area contributed by atoms with Crippen molar-refractivity contribution < 1.29 is 14.3 Å². The van der Waals surface area contributed by atoms with Crippen LogP contribution in [0.1, 0.15) is 32.1 Å². The number of hydrogen-bond acceptors (Lipinski definition) is 3. The molecule has 1 aliphatic rings. The van der Waals surface area contributed by atoms with Gasteiger partial charge in [0.25, 0.3) is 0 Å². The summed E-state index contributed by atoms with van der Waals surface area (Å²) in [6, 6.07) is 0. The van der Waals surface area contributed by atoms with E-state index < -0.39 is 0 Å². The average Bonchev–Trinajstić information content (AvgIpc) is 2.58. The molecule has 0 aromatic heterocycles. The molecule has 82 valence electrons. The van der Waals surface area contributed by atoms with Crippen LogP contribution in [0.5, 0.6) is 0 Å². The molecule has 1 aliphatic carbocycles. The van der Waals surface area contributed by atoms with Crippen LogP contribution < -0.4 is 0 Å². The minimum atomic E-state index is 0.440. The van der Waals surface area contributed by atoms with Gasteiger partial charge in [-0.25, -0.2) is 0 Å². The Morgan fingerprint density at radius 1 is 1.36 bits per heavy atom. The molecule has 0 aromatic carbocycles. The molecule has 0 aliphatic heterocycles. The summed E-state index contributed by atoms with van der Waals surface area (Å²) in [6.45, 7) is 2.15. The highest BCUT2D eigenvalue weighted by atomic mass is 16.5. The van der Waals surface area contributed by atoms with E-state index in [0.29, 0.717) is 24.9 Å². The Balaban J connectivity index is 1.86. The first-order valence-corrected chi connectivity index (χ1v) is 5.41. The molecule has 0 aromatic rings. The number of ether oxygens (including phenoxy) is 2. The molecule has 0 N–H and O–H groups in total. The van der Waals surface area contributed by atoms with Crippen LogP contribution in [-0.2, 0) is 14.3 Å². The van der Waals surface area contributed by atoms with Gasteiger partial charge in [-0.2, -0.15) is 0 Å². The summed E-state index contributed by atoms with van der Waals surface area (Å²) in [6.07, 6.45) is 4.91. The molecule has 0 spiro atoms. The Hall–Kier alpha value is -0.410. The third-order valence-corrected chi connectivity index (χ3v) is 2.68. The smallest absolute Gasteiger partial charge is 0.133 e. The largest absolute Gasteiger partial charge is 0.382 e. The highest BCUT2D eigenvalue weighted by Crippen LogP contribution is 2.25. The number of ketones is 1. The van der Waals surface area contributed by atoms with Gasteiger partial charge in [0, 0.05) is 26.6 Å². The summed E-state index contributed by atoms with van der Waals surface area (Å²) in [4.78, 5) is 11.0. The number of Topliss-reactive ketones (excluding diaryl/α,β-unsaturated/α-hetero) is 1. The van der Waals surface area contributed by atoms with Crippen LogP contribution in [0.25, 0.3) is 0 Å². The summed E-state index contributed by atoms with van der Waals surface area (Å²) >= 11 is 0. The van der Waals surface area contributed by atoms with Crippen LogP contribution in [-0.4, -0.2) is 32.7 Å². The first-order chi connectivity index (χ1) is 6.83. The van der Waals surface area contributed by atoms with E-state index in [1.807, 2.05) is 0 Å². The second-order valence-electron chi connectivity index (χ2n) is 3.89. The van der Waals surface area contributed by atoms with Gasteiger partial charge in [-0.3, -0.25) is 4.79 Å². The highest BCUT2D eigenvalue weighted by molar-refractivity contribution is 5.80. The lowest BCUT2D eigenvalue weighted by molar-refractivity contribution is -0.117. The summed E-state index contributed by atoms with van der Waals surface area (Å²) in [5, 5.41) is 0. The molecule has 3 heteroatoms. The molecule has 0 bridgehead atoms. The number of carbonyl (C=O) groups is 1. The Morgan fingerprint density at radius 3 is 2.86 bits per heavy atom. The maximum atomic E-state index is 11.0. The van der Waals surface area contributed by atoms with Gasteiger partial charge in [-0.1, -0.05) is 0 Å². The van der Waals surface area contributed by atoms with Crippen molar-refractivity contribution in [2.45, 2.75) is 32.1 Å². The average molecular weight is 200 g/mol. The number of methoxy groups -OCH3 is 1. The molecule has 14 heavy (non-hydrogen) atoms. The van der Waals surface area contributed by atoms with Gasteiger partial charge in [0.05, 0.1) is 13.2 Å². The SMILES string of the molecule is COCCOCCCC1CCC(=O)C1. The molecule has 1 rings (SSSR count). The zero-order chi connectivity index (χ0) is 10.2. The number of rotatable bonds is 7. The van der Waals surface area contributed by atoms with E-state index in [9.17, 15) is 4.79 Å². The maximum Gasteiger partial charge on any atom is 0.133 e. The zero-order valence-electron chi connectivity index (χ0n) is 8.96. The van der Waals surface area contributed by atoms with E-state index in [1.54, 1.807) is 7.11 Å². The van der Waals surface area contributed by atoms with Crippen molar-refractivity contribution in [2.24, 2.45) is 5.92 Å². The van der Waals surface area contributed by atoms with Crippen LogP contribution in [0.4, 0.5) is 0 Å². The Kier molecular flexibility index (Phi) is 5.80. The molecule has 1 saturated carbocycles. The van der Waals surface area contributed by atoms with Crippen molar-refractivity contribution in [2.75, 3.05) is 26.9 Å². The number of carbonyl (C=O) groups excluding carboxylic acids is 1. The van der Waals surface area contributed by atoms with Crippen molar-refractivity contribution >= 4 is 5.78 Å². The summed E-state index contributed by atoms with van der Waals surface area (Å²) in [7, 11) is 1.67. The van der Waals surface area contributed by atoms with Gasteiger partial charge in [0.2, 0.25) is 0 Å². The van der Waals surface area contributed by atoms with E-state index in [-0.39, 0.29) is 0 Å². The fourth-order valence-electron chi connectivity index (χ4n) is 1.86. The second kappa shape index (κ2) is 6.96. The molecule has 1 atom stereocenters. The van der Waals surface area contributed by atoms with Crippen LogP contribution in [0.3, 0.4) is 0 Å². The van der Waals surface area contributed by atoms with Crippen molar-refractivity contribution in [3.8, 4) is 0 Å². The molecular weight excluding hydrogens is 180 g/mol. The summed E-state index contributed by atoms with van der Waals surface area (Å²) < 4.78 is 10.2. The lowest BCUT2D eigenvalue weighted by Crippen LogP contribution is -2.04. The molecule has 0 saturated heterocycles. The molecule has 0 radical (unpaired) electrons. The van der Waals surface area contributed by atoms with Gasteiger partial charge in [0.1, 0.15) is 5.78 Å². The molecule has 0 heterocycles. The zero-order valence-corrected chi connectivity index (χ0v) is 8.96. The van der Waals surface area contributed by atoms with Gasteiger partial charge >= 0.3 is 0 Å². The minimum Gasteiger partial charge on any atom is -0.382 e. The van der Waals surface area contributed by atoms with E-state index in [0.717, 1.165) is 38.7 Å². The van der Waals surface area contributed by atoms with Crippen LogP contribution in [0.2, 0.25) is 0 Å². The minimum absolute atomic E-state index is 0.440. The third kappa shape index (κ3) is 4.72. The van der Waals surface area contributed by atoms with Crippen LogP contribution in [0.15, 0.2) is 0 Å². The summed E-state index contributed by atoms with van der Waals surface area (Å²) in [5.41, 5.74) is 0. The van der Waals surface area contributed by atoms with Gasteiger partial charge in [-0.15, -0.1) is 0 Å². The molecule has 3 nitrogen and oxygen atoms in total. The molecular formula is C11H20O3. The van der Waals surface area contributed by atoms with Crippen molar-refractivity contribution in [3.63, 3.8) is 0 Å². The fourth-order valence-corrected chi connectivity index (χ4v) is 1.86. The van der Waals surface area contributed by atoms with E-state index >= 15 is 0 Å². The topological polar surface area (TPSA) is 35.5 Å². The fraction of sp³-hybridized carbons (Fsp3) is 0.909. The lowest BCUT2D eigenvalue weighted by atomic mass is 10.0. The molecule has 0 amide bonds. The van der Waals surface area contributed by atoms with Crippen LogP contribution in [0, 0.1) is 5.92 Å². The maximum absolute atomic E-state index is 11.0. The van der Waals surface area contributed by atoms with Crippen molar-refractivity contribution in [1.82, 2.24) is 0 Å². The first-order valence-electron chi connectivity index (χ1n) is 5.41. The predicted octanol–water partition coefficient (Wildman–Crippen LogP) is 1.80. The Labute approximate surface area is 85.8 Å². The van der Waals surface area contributed by atoms with Crippen LogP contribution >= 0.6 is 0 Å². The van der Waals surface area contributed by atoms with Gasteiger partial charge in [-0.05, 0) is 25.2 Å². The van der Waals surface area contributed by atoms with E-state index in [4.69, 9.17) is 9.47 Å². The third-order valence-electron chi connectivity index (χ3n) is 2.68. The Bertz CT molecular complexity index is 168. The molecule has 1 unspecified atom stereocenters. The summed E-state index contributed by atoms with van der Waals surface area (Å²) in [5.74, 6) is 1.07. The molecule has 1 fully saturated rings. The lowest BCUT2D eigenvalue weighted by Gasteiger charge is -2.07.